The fourth-order valence-corrected chi connectivity index (χ4v) is 1.31. The Labute approximate surface area is 90.6 Å². The Morgan fingerprint density at radius 2 is 1.93 bits per heavy atom. The van der Waals surface area contributed by atoms with Gasteiger partial charge in [-0.2, -0.15) is 0 Å². The molecule has 88 valence electrons. The molecule has 0 saturated carbocycles. The third kappa shape index (κ3) is 7.97. The number of carboxylic acids is 1. The van der Waals surface area contributed by atoms with Gasteiger partial charge in [-0.15, -0.1) is 0 Å². The van der Waals surface area contributed by atoms with Crippen molar-refractivity contribution in [2.24, 2.45) is 5.92 Å². The average molecular weight is 216 g/mol. The minimum Gasteiger partial charge on any atom is -0.481 e. The zero-order valence-corrected chi connectivity index (χ0v) is 9.49. The van der Waals surface area contributed by atoms with Gasteiger partial charge in [0.15, 0.2) is 0 Å². The van der Waals surface area contributed by atoms with Crippen LogP contribution in [0, 0.1) is 5.92 Å². The highest BCUT2D eigenvalue weighted by Gasteiger charge is 2.10. The zero-order valence-electron chi connectivity index (χ0n) is 9.49. The van der Waals surface area contributed by atoms with E-state index in [2.05, 4.69) is 13.8 Å². The van der Waals surface area contributed by atoms with Crippen LogP contribution in [0.2, 0.25) is 0 Å². The van der Waals surface area contributed by atoms with Gasteiger partial charge in [-0.3, -0.25) is 9.59 Å². The molecule has 0 spiro atoms. The van der Waals surface area contributed by atoms with Gasteiger partial charge in [0.1, 0.15) is 0 Å². The molecule has 0 bridgehead atoms. The molecule has 0 aliphatic heterocycles. The highest BCUT2D eigenvalue weighted by molar-refractivity contribution is 5.76. The molecule has 15 heavy (non-hydrogen) atoms. The zero-order chi connectivity index (χ0) is 11.7. The number of rotatable bonds is 8. The van der Waals surface area contributed by atoms with Gasteiger partial charge < -0.3 is 9.84 Å². The van der Waals surface area contributed by atoms with Crippen LogP contribution in [0.5, 0.6) is 0 Å². The van der Waals surface area contributed by atoms with E-state index in [1.165, 1.54) is 0 Å². The summed E-state index contributed by atoms with van der Waals surface area (Å²) in [5.41, 5.74) is 0. The van der Waals surface area contributed by atoms with Crippen LogP contribution >= 0.6 is 0 Å². The van der Waals surface area contributed by atoms with Crippen LogP contribution in [0.1, 0.15) is 46.0 Å². The maximum absolute atomic E-state index is 11.1. The van der Waals surface area contributed by atoms with Gasteiger partial charge in [0, 0.05) is 0 Å². The van der Waals surface area contributed by atoms with Crippen molar-refractivity contribution >= 4 is 11.9 Å². The van der Waals surface area contributed by atoms with Gasteiger partial charge in [0.25, 0.3) is 0 Å². The molecule has 0 aliphatic rings. The lowest BCUT2D eigenvalue weighted by Gasteiger charge is -2.13. The van der Waals surface area contributed by atoms with Crippen molar-refractivity contribution in [3.8, 4) is 0 Å². The summed E-state index contributed by atoms with van der Waals surface area (Å²) in [5.74, 6) is -0.969. The molecule has 0 radical (unpaired) electrons. The Morgan fingerprint density at radius 1 is 1.27 bits per heavy atom. The van der Waals surface area contributed by atoms with E-state index in [1.807, 2.05) is 0 Å². The standard InChI is InChI=1S/C11H20O4/c1-3-5-9(4-2)8-15-11(14)7-6-10(12)13/h9H,3-8H2,1-2H3,(H,12,13). The van der Waals surface area contributed by atoms with E-state index in [0.717, 1.165) is 19.3 Å². The number of esters is 1. The second-order valence-corrected chi connectivity index (χ2v) is 3.64. The highest BCUT2D eigenvalue weighted by Crippen LogP contribution is 2.11. The number of carboxylic acid groups (broad SMARTS) is 1. The lowest BCUT2D eigenvalue weighted by atomic mass is 10.0. The van der Waals surface area contributed by atoms with Gasteiger partial charge in [0.05, 0.1) is 19.4 Å². The third-order valence-corrected chi connectivity index (χ3v) is 2.30. The molecule has 1 atom stereocenters. The number of aliphatic carboxylic acids is 1. The minimum atomic E-state index is -0.965. The molecule has 1 unspecified atom stereocenters. The lowest BCUT2D eigenvalue weighted by molar-refractivity contribution is -0.148. The van der Waals surface area contributed by atoms with Crippen molar-refractivity contribution < 1.29 is 19.4 Å². The van der Waals surface area contributed by atoms with E-state index < -0.39 is 11.9 Å². The van der Waals surface area contributed by atoms with Gasteiger partial charge in [-0.05, 0) is 12.3 Å². The second-order valence-electron chi connectivity index (χ2n) is 3.64. The van der Waals surface area contributed by atoms with Crippen LogP contribution in [-0.2, 0) is 14.3 Å². The van der Waals surface area contributed by atoms with Crippen LogP contribution in [0.3, 0.4) is 0 Å². The number of carbonyl (C=O) groups is 2. The van der Waals surface area contributed by atoms with E-state index in [-0.39, 0.29) is 12.8 Å². The summed E-state index contributed by atoms with van der Waals surface area (Å²) in [6.45, 7) is 4.57. The smallest absolute Gasteiger partial charge is 0.306 e. The first-order valence-corrected chi connectivity index (χ1v) is 5.47. The monoisotopic (exact) mass is 216 g/mol. The molecule has 0 saturated heterocycles. The summed E-state index contributed by atoms with van der Waals surface area (Å²) in [6, 6.07) is 0. The van der Waals surface area contributed by atoms with Crippen LogP contribution in [-0.4, -0.2) is 23.7 Å². The molecule has 4 heteroatoms. The Morgan fingerprint density at radius 3 is 2.40 bits per heavy atom. The molecule has 0 aliphatic carbocycles. The first-order chi connectivity index (χ1) is 7.10. The fraction of sp³-hybridized carbons (Fsp3) is 0.818. The molecule has 4 nitrogen and oxygen atoms in total. The number of carbonyl (C=O) groups excluding carboxylic acids is 1. The maximum Gasteiger partial charge on any atom is 0.306 e. The molecule has 0 aromatic heterocycles. The van der Waals surface area contributed by atoms with E-state index in [4.69, 9.17) is 9.84 Å². The fourth-order valence-electron chi connectivity index (χ4n) is 1.31. The Bertz CT molecular complexity index is 201. The summed E-state index contributed by atoms with van der Waals surface area (Å²) in [4.78, 5) is 21.3. The van der Waals surface area contributed by atoms with Crippen LogP contribution in [0.4, 0.5) is 0 Å². The first kappa shape index (κ1) is 13.9. The van der Waals surface area contributed by atoms with Gasteiger partial charge >= 0.3 is 11.9 Å². The Balaban J connectivity index is 3.63. The largest absolute Gasteiger partial charge is 0.481 e. The van der Waals surface area contributed by atoms with Gasteiger partial charge in [-0.1, -0.05) is 26.7 Å². The van der Waals surface area contributed by atoms with E-state index in [9.17, 15) is 9.59 Å². The SMILES string of the molecule is CCCC(CC)COC(=O)CCC(=O)O. The molecule has 0 fully saturated rings. The quantitative estimate of drug-likeness (QED) is 0.632. The van der Waals surface area contributed by atoms with Crippen molar-refractivity contribution in [2.45, 2.75) is 46.0 Å². The summed E-state index contributed by atoms with van der Waals surface area (Å²) >= 11 is 0. The third-order valence-electron chi connectivity index (χ3n) is 2.30. The van der Waals surface area contributed by atoms with E-state index in [0.29, 0.717) is 12.5 Å². The molecular formula is C11H20O4. The molecule has 0 aromatic rings. The first-order valence-electron chi connectivity index (χ1n) is 5.47. The summed E-state index contributed by atoms with van der Waals surface area (Å²) in [7, 11) is 0. The molecule has 0 aromatic carbocycles. The topological polar surface area (TPSA) is 63.6 Å². The normalized spacial score (nSPS) is 12.1. The lowest BCUT2D eigenvalue weighted by Crippen LogP contribution is -2.14. The van der Waals surface area contributed by atoms with Crippen molar-refractivity contribution in [3.05, 3.63) is 0 Å². The van der Waals surface area contributed by atoms with Crippen molar-refractivity contribution in [1.29, 1.82) is 0 Å². The van der Waals surface area contributed by atoms with Gasteiger partial charge in [0.2, 0.25) is 0 Å². The van der Waals surface area contributed by atoms with Crippen LogP contribution < -0.4 is 0 Å². The molecule has 0 heterocycles. The van der Waals surface area contributed by atoms with Crippen LogP contribution in [0.25, 0.3) is 0 Å². The van der Waals surface area contributed by atoms with Gasteiger partial charge in [-0.25, -0.2) is 0 Å². The predicted octanol–water partition coefficient (Wildman–Crippen LogP) is 2.22. The summed E-state index contributed by atoms with van der Waals surface area (Å²) in [6.07, 6.45) is 2.93. The minimum absolute atomic E-state index is 0.0299. The number of hydrogen-bond acceptors (Lipinski definition) is 3. The predicted molar refractivity (Wildman–Crippen MR) is 56.5 cm³/mol. The highest BCUT2D eigenvalue weighted by atomic mass is 16.5. The Kier molecular flexibility index (Phi) is 7.68. The van der Waals surface area contributed by atoms with Crippen molar-refractivity contribution in [1.82, 2.24) is 0 Å². The number of hydrogen-bond donors (Lipinski definition) is 1. The molecule has 1 N–H and O–H groups in total. The van der Waals surface area contributed by atoms with E-state index in [1.54, 1.807) is 0 Å². The van der Waals surface area contributed by atoms with E-state index >= 15 is 0 Å². The summed E-state index contributed by atoms with van der Waals surface area (Å²) < 4.78 is 5.00. The van der Waals surface area contributed by atoms with Crippen LogP contribution in [0.15, 0.2) is 0 Å². The number of ether oxygens (including phenoxy) is 1. The average Bonchev–Trinajstić information content (AvgIpc) is 2.21. The van der Waals surface area contributed by atoms with Crippen molar-refractivity contribution in [3.63, 3.8) is 0 Å². The second kappa shape index (κ2) is 8.26. The molecule has 0 rings (SSSR count). The Hall–Kier alpha value is -1.06. The van der Waals surface area contributed by atoms with Crippen molar-refractivity contribution in [2.75, 3.05) is 6.61 Å². The molecular weight excluding hydrogens is 196 g/mol. The molecule has 0 amide bonds. The maximum atomic E-state index is 11.1. The summed E-state index contributed by atoms with van der Waals surface area (Å²) in [5, 5.41) is 8.36.